The first-order chi connectivity index (χ1) is 10.6. The van der Waals surface area contributed by atoms with Crippen molar-refractivity contribution < 1.29 is 19.2 Å². The van der Waals surface area contributed by atoms with Crippen LogP contribution in [0.1, 0.15) is 20.7 Å². The van der Waals surface area contributed by atoms with Crippen molar-refractivity contribution in [2.24, 2.45) is 0 Å². The molecule has 1 aromatic carbocycles. The van der Waals surface area contributed by atoms with Crippen LogP contribution in [0.3, 0.4) is 0 Å². The topological polar surface area (TPSA) is 85.7 Å². The van der Waals surface area contributed by atoms with Crippen LogP contribution < -0.4 is 10.4 Å². The Bertz CT molecular complexity index is 805. The van der Waals surface area contributed by atoms with Gasteiger partial charge in [-0.05, 0) is 18.2 Å². The van der Waals surface area contributed by atoms with E-state index in [0.29, 0.717) is 0 Å². The molecule has 2 heterocycles. The summed E-state index contributed by atoms with van der Waals surface area (Å²) in [6, 6.07) is 10.5. The van der Waals surface area contributed by atoms with Gasteiger partial charge in [0.05, 0.1) is 11.1 Å². The fourth-order valence-electron chi connectivity index (χ4n) is 2.14. The van der Waals surface area contributed by atoms with Gasteiger partial charge in [-0.2, -0.15) is 0 Å². The third kappa shape index (κ3) is 2.28. The lowest BCUT2D eigenvalue weighted by Gasteiger charge is -2.12. The summed E-state index contributed by atoms with van der Waals surface area (Å²) in [5.41, 5.74) is -0.0347. The molecule has 1 aromatic heterocycles. The molecule has 1 aliphatic heterocycles. The number of hydrogen-bond donors (Lipinski definition) is 0. The second kappa shape index (κ2) is 5.28. The summed E-state index contributed by atoms with van der Waals surface area (Å²) >= 11 is 0. The molecule has 7 heteroatoms. The highest BCUT2D eigenvalue weighted by Gasteiger charge is 2.36. The quantitative estimate of drug-likeness (QED) is 0.750. The number of hydrogen-bond acceptors (Lipinski definition) is 5. The Kier molecular flexibility index (Phi) is 3.30. The number of rotatable bonds is 3. The number of nitrogens with zero attached hydrogens (tertiary/aromatic N) is 2. The summed E-state index contributed by atoms with van der Waals surface area (Å²) < 4.78 is 0.737. The van der Waals surface area contributed by atoms with Gasteiger partial charge in [0, 0.05) is 12.3 Å². The summed E-state index contributed by atoms with van der Waals surface area (Å²) in [6.07, 6.45) is 1.27. The Labute approximate surface area is 124 Å². The predicted octanol–water partition coefficient (Wildman–Crippen LogP) is 0.0997. The Morgan fingerprint density at radius 2 is 1.50 bits per heavy atom. The van der Waals surface area contributed by atoms with Crippen LogP contribution in [0, 0.1) is 0 Å². The van der Waals surface area contributed by atoms with E-state index in [0.717, 1.165) is 9.63 Å². The predicted molar refractivity (Wildman–Crippen MR) is 74.1 cm³/mol. The Morgan fingerprint density at radius 1 is 0.909 bits per heavy atom. The summed E-state index contributed by atoms with van der Waals surface area (Å²) in [6.45, 7) is -0.562. The number of fused-ring (bicyclic) bond motifs is 1. The van der Waals surface area contributed by atoms with Gasteiger partial charge in [-0.3, -0.25) is 19.3 Å². The standard InChI is InChI=1S/C15H10N2O5/c18-12-7-3-4-8-17(12)22-13(19)9-16-14(20)10-5-1-2-6-11(10)15(16)21/h1-8H,9H2. The van der Waals surface area contributed by atoms with Gasteiger partial charge in [-0.15, -0.1) is 4.73 Å². The van der Waals surface area contributed by atoms with E-state index in [2.05, 4.69) is 0 Å². The Balaban J connectivity index is 1.76. The molecule has 7 nitrogen and oxygen atoms in total. The highest BCUT2D eigenvalue weighted by molar-refractivity contribution is 6.22. The van der Waals surface area contributed by atoms with Gasteiger partial charge in [-0.25, -0.2) is 4.79 Å². The van der Waals surface area contributed by atoms with E-state index in [9.17, 15) is 19.2 Å². The molecular weight excluding hydrogens is 288 g/mol. The molecular formula is C15H10N2O5. The largest absolute Gasteiger partial charge is 0.352 e. The van der Waals surface area contributed by atoms with Crippen molar-refractivity contribution in [2.75, 3.05) is 6.54 Å². The van der Waals surface area contributed by atoms with Crippen molar-refractivity contribution in [1.29, 1.82) is 0 Å². The first-order valence-electron chi connectivity index (χ1n) is 6.42. The average molecular weight is 298 g/mol. The van der Waals surface area contributed by atoms with Gasteiger partial charge in [0.1, 0.15) is 6.54 Å². The van der Waals surface area contributed by atoms with Crippen molar-refractivity contribution in [2.45, 2.75) is 0 Å². The van der Waals surface area contributed by atoms with Crippen LogP contribution in [-0.2, 0) is 4.79 Å². The van der Waals surface area contributed by atoms with E-state index < -0.39 is 29.9 Å². The molecule has 0 atom stereocenters. The van der Waals surface area contributed by atoms with E-state index >= 15 is 0 Å². The van der Waals surface area contributed by atoms with Crippen LogP contribution in [0.4, 0.5) is 0 Å². The molecule has 0 radical (unpaired) electrons. The molecule has 3 rings (SSSR count). The molecule has 22 heavy (non-hydrogen) atoms. The molecule has 0 fully saturated rings. The summed E-state index contributed by atoms with van der Waals surface area (Å²) in [5, 5.41) is 0. The maximum absolute atomic E-state index is 12.1. The van der Waals surface area contributed by atoms with E-state index in [1.54, 1.807) is 12.1 Å². The fourth-order valence-corrected chi connectivity index (χ4v) is 2.14. The molecule has 0 unspecified atom stereocenters. The fraction of sp³-hybridized carbons (Fsp3) is 0.0667. The Morgan fingerprint density at radius 3 is 2.09 bits per heavy atom. The summed E-state index contributed by atoms with van der Waals surface area (Å²) in [4.78, 5) is 53.1. The summed E-state index contributed by atoms with van der Waals surface area (Å²) in [7, 11) is 0. The van der Waals surface area contributed by atoms with E-state index in [1.807, 2.05) is 0 Å². The van der Waals surface area contributed by atoms with E-state index in [1.165, 1.54) is 36.5 Å². The number of imide groups is 1. The van der Waals surface area contributed by atoms with Crippen LogP contribution in [0.2, 0.25) is 0 Å². The number of pyridine rings is 1. The molecule has 0 saturated carbocycles. The first kappa shape index (κ1) is 13.7. The van der Waals surface area contributed by atoms with Crippen LogP contribution in [0.25, 0.3) is 0 Å². The zero-order valence-electron chi connectivity index (χ0n) is 11.3. The molecule has 0 saturated heterocycles. The Hall–Kier alpha value is -3.22. The van der Waals surface area contributed by atoms with Gasteiger partial charge in [0.15, 0.2) is 0 Å². The molecule has 2 amide bonds. The first-order valence-corrected chi connectivity index (χ1v) is 6.42. The van der Waals surface area contributed by atoms with E-state index in [-0.39, 0.29) is 11.1 Å². The minimum Gasteiger partial charge on any atom is -0.331 e. The number of carbonyl (C=O) groups is 3. The molecule has 1 aliphatic rings. The van der Waals surface area contributed by atoms with Gasteiger partial charge in [-0.1, -0.05) is 18.2 Å². The number of carbonyl (C=O) groups excluding carboxylic acids is 3. The van der Waals surface area contributed by atoms with Crippen molar-refractivity contribution in [3.8, 4) is 0 Å². The maximum Gasteiger partial charge on any atom is 0.352 e. The van der Waals surface area contributed by atoms with Crippen molar-refractivity contribution >= 4 is 17.8 Å². The minimum absolute atomic E-state index is 0.247. The van der Waals surface area contributed by atoms with Gasteiger partial charge >= 0.3 is 5.97 Å². The smallest absolute Gasteiger partial charge is 0.331 e. The van der Waals surface area contributed by atoms with Crippen LogP contribution in [-0.4, -0.2) is 34.0 Å². The second-order valence-corrected chi connectivity index (χ2v) is 4.57. The molecule has 2 aromatic rings. The lowest BCUT2D eigenvalue weighted by molar-refractivity contribution is -0.144. The van der Waals surface area contributed by atoms with Crippen molar-refractivity contribution in [1.82, 2.24) is 9.63 Å². The van der Waals surface area contributed by atoms with Crippen molar-refractivity contribution in [3.05, 3.63) is 70.1 Å². The SMILES string of the molecule is O=C(CN1C(=O)c2ccccc2C1=O)On1ccccc1=O. The zero-order chi connectivity index (χ0) is 15.7. The second-order valence-electron chi connectivity index (χ2n) is 4.57. The molecule has 0 N–H and O–H groups in total. The number of amides is 2. The lowest BCUT2D eigenvalue weighted by atomic mass is 10.1. The van der Waals surface area contributed by atoms with Crippen LogP contribution in [0.5, 0.6) is 0 Å². The average Bonchev–Trinajstić information content (AvgIpc) is 2.75. The normalized spacial score (nSPS) is 13.2. The summed E-state index contributed by atoms with van der Waals surface area (Å²) in [5.74, 6) is -2.00. The zero-order valence-corrected chi connectivity index (χ0v) is 11.3. The highest BCUT2D eigenvalue weighted by atomic mass is 16.7. The third-order valence-electron chi connectivity index (χ3n) is 3.15. The van der Waals surface area contributed by atoms with Gasteiger partial charge < -0.3 is 4.84 Å². The van der Waals surface area contributed by atoms with Gasteiger partial charge in [0.2, 0.25) is 0 Å². The lowest BCUT2D eigenvalue weighted by Crippen LogP contribution is -2.40. The highest BCUT2D eigenvalue weighted by Crippen LogP contribution is 2.21. The molecule has 0 bridgehead atoms. The molecule has 0 aliphatic carbocycles. The van der Waals surface area contributed by atoms with E-state index in [4.69, 9.17) is 4.84 Å². The minimum atomic E-state index is -0.886. The van der Waals surface area contributed by atoms with Crippen molar-refractivity contribution in [3.63, 3.8) is 0 Å². The van der Waals surface area contributed by atoms with Gasteiger partial charge in [0.25, 0.3) is 17.4 Å². The maximum atomic E-state index is 12.1. The van der Waals surface area contributed by atoms with Crippen LogP contribution in [0.15, 0.2) is 53.5 Å². The third-order valence-corrected chi connectivity index (χ3v) is 3.15. The monoisotopic (exact) mass is 298 g/mol. The number of aromatic nitrogens is 1. The van der Waals surface area contributed by atoms with Crippen LogP contribution >= 0.6 is 0 Å². The molecule has 110 valence electrons. The number of benzene rings is 1. The molecule has 0 spiro atoms.